The first-order chi connectivity index (χ1) is 6.81. The van der Waals surface area contributed by atoms with Gasteiger partial charge in [-0.25, -0.2) is 0 Å². The third-order valence-electron chi connectivity index (χ3n) is 2.11. The highest BCUT2D eigenvalue weighted by molar-refractivity contribution is 6.31. The Kier molecular flexibility index (Phi) is 2.57. The van der Waals surface area contributed by atoms with Crippen LogP contribution in [-0.4, -0.2) is 11.5 Å². The van der Waals surface area contributed by atoms with Crippen LogP contribution in [0, 0.1) is 0 Å². The lowest BCUT2D eigenvalue weighted by molar-refractivity contribution is 1.26. The number of hydrogen-bond donors (Lipinski definition) is 2. The number of hydrogen-bond acceptors (Lipinski definition) is 1. The lowest BCUT2D eigenvalue weighted by atomic mass is 10.1. The average molecular weight is 207 g/mol. The molecule has 0 aliphatic carbocycles. The second-order valence-electron chi connectivity index (χ2n) is 3.07. The Morgan fingerprint density at radius 3 is 3.07 bits per heavy atom. The Hall–Kier alpha value is -1.25. The quantitative estimate of drug-likeness (QED) is 0.780. The van der Waals surface area contributed by atoms with Crippen molar-refractivity contribution in [2.45, 2.75) is 0 Å². The van der Waals surface area contributed by atoms with E-state index in [9.17, 15) is 0 Å². The third kappa shape index (κ3) is 1.67. The fraction of sp³-hybridized carbons (Fsp3) is 0.0909. The number of fused-ring (bicyclic) bond motifs is 1. The molecule has 1 aromatic heterocycles. The Morgan fingerprint density at radius 2 is 2.29 bits per heavy atom. The second-order valence-corrected chi connectivity index (χ2v) is 3.51. The summed E-state index contributed by atoms with van der Waals surface area (Å²) in [6, 6.07) is 5.80. The van der Waals surface area contributed by atoms with Crippen molar-refractivity contribution in [1.29, 1.82) is 0 Å². The molecular formula is C11H11ClN2. The zero-order valence-electron chi connectivity index (χ0n) is 7.63. The first kappa shape index (κ1) is 9.31. The molecule has 0 aliphatic heterocycles. The second kappa shape index (κ2) is 3.86. The molecular weight excluding hydrogens is 196 g/mol. The monoisotopic (exact) mass is 206 g/mol. The van der Waals surface area contributed by atoms with E-state index < -0.39 is 0 Å². The van der Waals surface area contributed by atoms with Crippen LogP contribution in [0.2, 0.25) is 5.02 Å². The maximum Gasteiger partial charge on any atom is 0.0475 e. The number of aromatic amines is 1. The summed E-state index contributed by atoms with van der Waals surface area (Å²) >= 11 is 5.87. The molecule has 3 N–H and O–H groups in total. The summed E-state index contributed by atoms with van der Waals surface area (Å²) in [5.74, 6) is 0. The standard InChI is InChI=1S/C11H11ClN2/c12-9-3-4-10-8(2-1-5-13)7-14-11(10)6-9/h1-4,6-7,14H,5,13H2/b2-1+. The minimum atomic E-state index is 0.556. The van der Waals surface area contributed by atoms with Gasteiger partial charge in [-0.1, -0.05) is 29.8 Å². The zero-order chi connectivity index (χ0) is 9.97. The van der Waals surface area contributed by atoms with Gasteiger partial charge in [0, 0.05) is 28.7 Å². The van der Waals surface area contributed by atoms with E-state index in [0.717, 1.165) is 16.1 Å². The molecule has 2 nitrogen and oxygen atoms in total. The lowest BCUT2D eigenvalue weighted by Gasteiger charge is -1.92. The SMILES string of the molecule is NC/C=C/c1c[nH]c2cc(Cl)ccc12. The van der Waals surface area contributed by atoms with Gasteiger partial charge in [0.1, 0.15) is 0 Å². The first-order valence-corrected chi connectivity index (χ1v) is 4.82. The van der Waals surface area contributed by atoms with Crippen molar-refractivity contribution >= 4 is 28.6 Å². The van der Waals surface area contributed by atoms with Crippen LogP contribution in [0.5, 0.6) is 0 Å². The highest BCUT2D eigenvalue weighted by Gasteiger charge is 2.00. The van der Waals surface area contributed by atoms with Crippen LogP contribution in [0.3, 0.4) is 0 Å². The van der Waals surface area contributed by atoms with Gasteiger partial charge in [-0.3, -0.25) is 0 Å². The van der Waals surface area contributed by atoms with E-state index in [2.05, 4.69) is 4.98 Å². The van der Waals surface area contributed by atoms with Crippen molar-refractivity contribution in [2.24, 2.45) is 5.73 Å². The summed E-state index contributed by atoms with van der Waals surface area (Å²) in [6.45, 7) is 0.556. The number of H-pyrrole nitrogens is 1. The number of aromatic nitrogens is 1. The van der Waals surface area contributed by atoms with Crippen molar-refractivity contribution in [2.75, 3.05) is 6.54 Å². The molecule has 0 saturated carbocycles. The minimum Gasteiger partial charge on any atom is -0.361 e. The summed E-state index contributed by atoms with van der Waals surface area (Å²) < 4.78 is 0. The summed E-state index contributed by atoms with van der Waals surface area (Å²) in [6.07, 6.45) is 5.89. The Labute approximate surface area is 87.4 Å². The van der Waals surface area contributed by atoms with Gasteiger partial charge in [0.2, 0.25) is 0 Å². The molecule has 0 radical (unpaired) electrons. The smallest absolute Gasteiger partial charge is 0.0475 e. The largest absolute Gasteiger partial charge is 0.361 e. The Morgan fingerprint density at radius 1 is 1.43 bits per heavy atom. The summed E-state index contributed by atoms with van der Waals surface area (Å²) in [7, 11) is 0. The molecule has 1 heterocycles. The fourth-order valence-corrected chi connectivity index (χ4v) is 1.63. The van der Waals surface area contributed by atoms with Gasteiger partial charge in [0.15, 0.2) is 0 Å². The van der Waals surface area contributed by atoms with Gasteiger partial charge in [0.25, 0.3) is 0 Å². The fourth-order valence-electron chi connectivity index (χ4n) is 1.45. The topological polar surface area (TPSA) is 41.8 Å². The number of rotatable bonds is 2. The van der Waals surface area contributed by atoms with Gasteiger partial charge in [0.05, 0.1) is 0 Å². The van der Waals surface area contributed by atoms with Gasteiger partial charge in [-0.15, -0.1) is 0 Å². The molecule has 2 aromatic rings. The van der Waals surface area contributed by atoms with E-state index in [1.54, 1.807) is 0 Å². The molecule has 0 fully saturated rings. The molecule has 14 heavy (non-hydrogen) atoms. The molecule has 3 heteroatoms. The highest BCUT2D eigenvalue weighted by Crippen LogP contribution is 2.22. The van der Waals surface area contributed by atoms with Crippen LogP contribution < -0.4 is 5.73 Å². The Bertz CT molecular complexity index is 471. The van der Waals surface area contributed by atoms with Crippen molar-refractivity contribution in [1.82, 2.24) is 4.98 Å². The number of benzene rings is 1. The highest BCUT2D eigenvalue weighted by atomic mass is 35.5. The van der Waals surface area contributed by atoms with Crippen LogP contribution in [0.25, 0.3) is 17.0 Å². The predicted molar refractivity (Wildman–Crippen MR) is 61.4 cm³/mol. The van der Waals surface area contributed by atoms with Crippen LogP contribution in [0.15, 0.2) is 30.5 Å². The maximum absolute atomic E-state index is 5.87. The molecule has 0 aliphatic rings. The molecule has 0 spiro atoms. The van der Waals surface area contributed by atoms with Crippen LogP contribution in [0.1, 0.15) is 5.56 Å². The normalized spacial score (nSPS) is 11.6. The molecule has 0 bridgehead atoms. The van der Waals surface area contributed by atoms with Gasteiger partial charge >= 0.3 is 0 Å². The third-order valence-corrected chi connectivity index (χ3v) is 2.34. The molecule has 72 valence electrons. The van der Waals surface area contributed by atoms with Crippen molar-refractivity contribution in [3.8, 4) is 0 Å². The number of nitrogens with one attached hydrogen (secondary N) is 1. The van der Waals surface area contributed by atoms with Gasteiger partial charge in [-0.05, 0) is 17.7 Å². The van der Waals surface area contributed by atoms with Crippen molar-refractivity contribution < 1.29 is 0 Å². The Balaban J connectivity index is 2.53. The van der Waals surface area contributed by atoms with Crippen molar-refractivity contribution in [3.63, 3.8) is 0 Å². The molecule has 0 atom stereocenters. The predicted octanol–water partition coefficient (Wildman–Crippen LogP) is 2.79. The van der Waals surface area contributed by atoms with Crippen LogP contribution in [-0.2, 0) is 0 Å². The van der Waals surface area contributed by atoms with Gasteiger partial charge in [-0.2, -0.15) is 0 Å². The number of nitrogens with two attached hydrogens (primary N) is 1. The van der Waals surface area contributed by atoms with Crippen LogP contribution >= 0.6 is 11.6 Å². The average Bonchev–Trinajstić information content (AvgIpc) is 2.57. The molecule has 2 rings (SSSR count). The maximum atomic E-state index is 5.87. The summed E-state index contributed by atoms with van der Waals surface area (Å²) in [4.78, 5) is 3.16. The lowest BCUT2D eigenvalue weighted by Crippen LogP contribution is -1.91. The number of halogens is 1. The van der Waals surface area contributed by atoms with E-state index in [-0.39, 0.29) is 0 Å². The molecule has 1 aromatic carbocycles. The van der Waals surface area contributed by atoms with Crippen molar-refractivity contribution in [3.05, 3.63) is 41.1 Å². The van der Waals surface area contributed by atoms with E-state index >= 15 is 0 Å². The zero-order valence-corrected chi connectivity index (χ0v) is 8.38. The van der Waals surface area contributed by atoms with Gasteiger partial charge < -0.3 is 10.7 Å². The molecule has 0 saturated heterocycles. The van der Waals surface area contributed by atoms with E-state index in [0.29, 0.717) is 6.54 Å². The minimum absolute atomic E-state index is 0.556. The first-order valence-electron chi connectivity index (χ1n) is 4.44. The van der Waals surface area contributed by atoms with Crippen LogP contribution in [0.4, 0.5) is 0 Å². The molecule has 0 amide bonds. The van der Waals surface area contributed by atoms with E-state index in [4.69, 9.17) is 17.3 Å². The summed E-state index contributed by atoms with van der Waals surface area (Å²) in [5, 5.41) is 1.91. The molecule has 0 unspecified atom stereocenters. The van der Waals surface area contributed by atoms with E-state index in [1.165, 1.54) is 5.39 Å². The van der Waals surface area contributed by atoms with E-state index in [1.807, 2.05) is 36.5 Å². The summed E-state index contributed by atoms with van der Waals surface area (Å²) in [5.41, 5.74) is 7.59.